The highest BCUT2D eigenvalue weighted by atomic mass is 32.2. The van der Waals surface area contributed by atoms with Gasteiger partial charge in [-0.05, 0) is 35.9 Å². The van der Waals surface area contributed by atoms with E-state index in [4.69, 9.17) is 0 Å². The number of anilines is 1. The molecule has 2 atom stereocenters. The molecule has 6 nitrogen and oxygen atoms in total. The Bertz CT molecular complexity index is 1360. The number of nitrogens with one attached hydrogen (secondary N) is 2. The highest BCUT2D eigenvalue weighted by Crippen LogP contribution is 2.39. The van der Waals surface area contributed by atoms with Crippen molar-refractivity contribution in [3.05, 3.63) is 95.8 Å². The SMILES string of the molecule is O=C(Nc1cccc(C(F)(F)F)c1)[C@@H]1Sc2nnc(-c3ccccc3)n2N[C@@H]1c1ccc(F)cc1. The zero-order valence-corrected chi connectivity index (χ0v) is 18.6. The van der Waals surface area contributed by atoms with Crippen LogP contribution in [0.4, 0.5) is 23.2 Å². The number of halogens is 4. The Kier molecular flexibility index (Phi) is 5.93. The Morgan fingerprint density at radius 1 is 0.971 bits per heavy atom. The highest BCUT2D eigenvalue weighted by Gasteiger charge is 2.38. The summed E-state index contributed by atoms with van der Waals surface area (Å²) in [6.07, 6.45) is -4.54. The molecular formula is C24H17F4N5OS. The molecule has 0 fully saturated rings. The molecule has 4 aromatic rings. The number of hydrogen-bond acceptors (Lipinski definition) is 5. The van der Waals surface area contributed by atoms with Crippen LogP contribution in [0, 0.1) is 5.82 Å². The molecule has 5 rings (SSSR count). The van der Waals surface area contributed by atoms with Crippen LogP contribution in [0.2, 0.25) is 0 Å². The Hall–Kier alpha value is -3.86. The molecule has 0 saturated heterocycles. The molecule has 2 N–H and O–H groups in total. The van der Waals surface area contributed by atoms with Gasteiger partial charge < -0.3 is 10.7 Å². The summed E-state index contributed by atoms with van der Waals surface area (Å²) < 4.78 is 54.6. The summed E-state index contributed by atoms with van der Waals surface area (Å²) in [4.78, 5) is 13.3. The van der Waals surface area contributed by atoms with Crippen LogP contribution in [0.5, 0.6) is 0 Å². The smallest absolute Gasteiger partial charge is 0.325 e. The summed E-state index contributed by atoms with van der Waals surface area (Å²) in [7, 11) is 0. The zero-order valence-electron chi connectivity index (χ0n) is 17.8. The third-order valence-corrected chi connectivity index (χ3v) is 6.63. The fraction of sp³-hybridized carbons (Fsp3) is 0.125. The highest BCUT2D eigenvalue weighted by molar-refractivity contribution is 8.00. The maximum absolute atomic E-state index is 13.6. The molecular weight excluding hydrogens is 482 g/mol. The van der Waals surface area contributed by atoms with E-state index in [1.807, 2.05) is 30.3 Å². The molecule has 1 aromatic heterocycles. The van der Waals surface area contributed by atoms with Gasteiger partial charge in [0.15, 0.2) is 5.82 Å². The van der Waals surface area contributed by atoms with Gasteiger partial charge in [-0.1, -0.05) is 60.3 Å². The third kappa shape index (κ3) is 4.72. The van der Waals surface area contributed by atoms with E-state index in [1.54, 1.807) is 16.8 Å². The number of aromatic nitrogens is 3. The lowest BCUT2D eigenvalue weighted by Gasteiger charge is -2.33. The predicted molar refractivity (Wildman–Crippen MR) is 124 cm³/mol. The first-order valence-corrected chi connectivity index (χ1v) is 11.4. The Balaban J connectivity index is 1.49. The second-order valence-corrected chi connectivity index (χ2v) is 8.88. The van der Waals surface area contributed by atoms with E-state index in [2.05, 4.69) is 20.9 Å². The molecule has 178 valence electrons. The third-order valence-electron chi connectivity index (χ3n) is 5.41. The van der Waals surface area contributed by atoms with E-state index in [0.29, 0.717) is 16.5 Å². The molecule has 3 aromatic carbocycles. The van der Waals surface area contributed by atoms with Crippen LogP contribution in [0.1, 0.15) is 17.2 Å². The Morgan fingerprint density at radius 2 is 1.71 bits per heavy atom. The minimum atomic E-state index is -4.54. The van der Waals surface area contributed by atoms with Crippen molar-refractivity contribution < 1.29 is 22.4 Å². The van der Waals surface area contributed by atoms with Gasteiger partial charge in [0.2, 0.25) is 11.1 Å². The van der Waals surface area contributed by atoms with Crippen molar-refractivity contribution in [1.29, 1.82) is 0 Å². The molecule has 0 radical (unpaired) electrons. The van der Waals surface area contributed by atoms with E-state index in [0.717, 1.165) is 29.5 Å². The van der Waals surface area contributed by atoms with Crippen LogP contribution < -0.4 is 10.7 Å². The van der Waals surface area contributed by atoms with Crippen LogP contribution in [0.25, 0.3) is 11.4 Å². The van der Waals surface area contributed by atoms with E-state index in [9.17, 15) is 22.4 Å². The van der Waals surface area contributed by atoms with Crippen molar-refractivity contribution >= 4 is 23.4 Å². The molecule has 0 unspecified atom stereocenters. The summed E-state index contributed by atoms with van der Waals surface area (Å²) in [6, 6.07) is 18.7. The van der Waals surface area contributed by atoms with E-state index in [-0.39, 0.29) is 5.69 Å². The largest absolute Gasteiger partial charge is 0.416 e. The van der Waals surface area contributed by atoms with Gasteiger partial charge in [-0.2, -0.15) is 13.2 Å². The predicted octanol–water partition coefficient (Wildman–Crippen LogP) is 5.50. The van der Waals surface area contributed by atoms with Crippen LogP contribution in [-0.4, -0.2) is 26.0 Å². The normalized spacial score (nSPS) is 17.4. The molecule has 1 aliphatic heterocycles. The number of thioether (sulfide) groups is 1. The lowest BCUT2D eigenvalue weighted by molar-refractivity contribution is -0.137. The topological polar surface area (TPSA) is 71.8 Å². The van der Waals surface area contributed by atoms with Gasteiger partial charge >= 0.3 is 6.18 Å². The average Bonchev–Trinajstić information content (AvgIpc) is 3.27. The summed E-state index contributed by atoms with van der Waals surface area (Å²) in [5, 5.41) is 10.6. The second kappa shape index (κ2) is 9.06. The number of nitrogens with zero attached hydrogens (tertiary/aromatic N) is 3. The fourth-order valence-electron chi connectivity index (χ4n) is 3.74. The van der Waals surface area contributed by atoms with Gasteiger partial charge in [-0.15, -0.1) is 10.2 Å². The molecule has 2 heterocycles. The maximum Gasteiger partial charge on any atom is 0.416 e. The van der Waals surface area contributed by atoms with Gasteiger partial charge in [0.1, 0.15) is 11.1 Å². The first kappa shape index (κ1) is 22.9. The lowest BCUT2D eigenvalue weighted by Crippen LogP contribution is -2.41. The van der Waals surface area contributed by atoms with Crippen molar-refractivity contribution in [2.75, 3.05) is 10.7 Å². The molecule has 0 bridgehead atoms. The van der Waals surface area contributed by atoms with Crippen molar-refractivity contribution in [2.45, 2.75) is 22.6 Å². The van der Waals surface area contributed by atoms with Crippen molar-refractivity contribution in [2.24, 2.45) is 0 Å². The monoisotopic (exact) mass is 499 g/mol. The van der Waals surface area contributed by atoms with Crippen LogP contribution in [0.15, 0.2) is 84.0 Å². The summed E-state index contributed by atoms with van der Waals surface area (Å²) >= 11 is 1.12. The summed E-state index contributed by atoms with van der Waals surface area (Å²) in [6.45, 7) is 0. The molecule has 35 heavy (non-hydrogen) atoms. The number of carbonyl (C=O) groups is 1. The molecule has 0 aliphatic carbocycles. The molecule has 0 spiro atoms. The van der Waals surface area contributed by atoms with Crippen molar-refractivity contribution in [3.8, 4) is 11.4 Å². The Morgan fingerprint density at radius 3 is 2.43 bits per heavy atom. The minimum absolute atomic E-state index is 0.0142. The first-order chi connectivity index (χ1) is 16.8. The fourth-order valence-corrected chi connectivity index (χ4v) is 4.82. The summed E-state index contributed by atoms with van der Waals surface area (Å²) in [5.41, 5.74) is 3.79. The number of benzene rings is 3. The number of fused-ring (bicyclic) bond motifs is 1. The number of hydrogen-bond donors (Lipinski definition) is 2. The summed E-state index contributed by atoms with van der Waals surface area (Å²) in [5.74, 6) is -0.444. The zero-order chi connectivity index (χ0) is 24.6. The first-order valence-electron chi connectivity index (χ1n) is 10.5. The van der Waals surface area contributed by atoms with Gasteiger partial charge in [0.25, 0.3) is 0 Å². The van der Waals surface area contributed by atoms with Gasteiger partial charge in [-0.3, -0.25) is 4.79 Å². The average molecular weight is 499 g/mol. The van der Waals surface area contributed by atoms with E-state index >= 15 is 0 Å². The Labute approximate surface area is 201 Å². The van der Waals surface area contributed by atoms with Crippen molar-refractivity contribution in [3.63, 3.8) is 0 Å². The number of amides is 1. The van der Waals surface area contributed by atoms with Crippen molar-refractivity contribution in [1.82, 2.24) is 14.9 Å². The van der Waals surface area contributed by atoms with Gasteiger partial charge in [0.05, 0.1) is 11.6 Å². The quantitative estimate of drug-likeness (QED) is 0.363. The molecule has 1 amide bonds. The van der Waals surface area contributed by atoms with Crippen LogP contribution >= 0.6 is 11.8 Å². The molecule has 11 heteroatoms. The second-order valence-electron chi connectivity index (χ2n) is 7.77. The maximum atomic E-state index is 13.6. The number of carbonyl (C=O) groups excluding carboxylic acids is 1. The van der Waals surface area contributed by atoms with Gasteiger partial charge in [0, 0.05) is 11.3 Å². The molecule has 1 aliphatic rings. The number of rotatable bonds is 4. The van der Waals surface area contributed by atoms with E-state index < -0.39 is 34.8 Å². The van der Waals surface area contributed by atoms with E-state index in [1.165, 1.54) is 24.3 Å². The van der Waals surface area contributed by atoms with Crippen LogP contribution in [-0.2, 0) is 11.0 Å². The number of alkyl halides is 3. The van der Waals surface area contributed by atoms with Crippen LogP contribution in [0.3, 0.4) is 0 Å². The lowest BCUT2D eigenvalue weighted by atomic mass is 10.0. The standard InChI is InChI=1S/C24H17F4N5OS/c25-17-11-9-14(10-12-17)19-20(22(34)29-18-8-4-7-16(13-18)24(26,27)28)35-23-31-30-21(33(23)32-19)15-5-2-1-3-6-15/h1-13,19-20,32H,(H,29,34)/t19-,20-/m1/s1. The molecule has 0 saturated carbocycles. The van der Waals surface area contributed by atoms with Gasteiger partial charge in [-0.25, -0.2) is 9.07 Å². The minimum Gasteiger partial charge on any atom is -0.325 e.